The van der Waals surface area contributed by atoms with E-state index in [9.17, 15) is 0 Å². The van der Waals surface area contributed by atoms with Crippen LogP contribution in [0.4, 0.5) is 0 Å². The van der Waals surface area contributed by atoms with Gasteiger partial charge in [0.2, 0.25) is 0 Å². The van der Waals surface area contributed by atoms with Gasteiger partial charge in [-0.3, -0.25) is 5.32 Å². The lowest BCUT2D eigenvalue weighted by Crippen LogP contribution is -2.28. The zero-order valence-electron chi connectivity index (χ0n) is 26.9. The van der Waals surface area contributed by atoms with Crippen LogP contribution in [-0.2, 0) is 12.4 Å². The van der Waals surface area contributed by atoms with Crippen molar-refractivity contribution in [2.45, 2.75) is 112 Å². The highest BCUT2D eigenvalue weighted by molar-refractivity contribution is 7.47. The summed E-state index contributed by atoms with van der Waals surface area (Å²) in [6.45, 7) is 12.6. The van der Waals surface area contributed by atoms with Crippen LogP contribution in [-0.4, -0.2) is 56.5 Å². The molecule has 0 radical (unpaired) electrons. The predicted octanol–water partition coefficient (Wildman–Crippen LogP) is 5.89. The molecule has 9 nitrogen and oxygen atoms in total. The Bertz CT molecular complexity index is 525. The van der Waals surface area contributed by atoms with Crippen molar-refractivity contribution in [2.75, 3.05) is 46.3 Å². The van der Waals surface area contributed by atoms with Crippen molar-refractivity contribution >= 4 is 12.4 Å². The van der Waals surface area contributed by atoms with E-state index in [1.165, 1.54) is 64.2 Å². The lowest BCUT2D eigenvalue weighted by atomic mass is 10.1. The van der Waals surface area contributed by atoms with Crippen LogP contribution in [0.5, 0.6) is 0 Å². The molecular weight excluding hydrogens is 546 g/mol. The van der Waals surface area contributed by atoms with Gasteiger partial charge in [0.25, 0.3) is 0 Å². The third-order valence-electron chi connectivity index (χ3n) is 4.97. The van der Waals surface area contributed by atoms with E-state index in [4.69, 9.17) is 15.9 Å². The molecule has 0 saturated heterocycles. The first-order valence-corrected chi connectivity index (χ1v) is 16.0. The molecule has 0 atom stereocenters. The van der Waals surface area contributed by atoms with Gasteiger partial charge in [-0.2, -0.15) is 4.36 Å². The maximum atomic E-state index is 8.43. The second-order valence-corrected chi connectivity index (χ2v) is 8.97. The first-order valence-electron chi connectivity index (χ1n) is 15.6. The molecule has 0 unspecified atom stereocenters. The van der Waals surface area contributed by atoms with Crippen LogP contribution in [0.25, 0.3) is 0 Å². The molecule has 252 valence electrons. The van der Waals surface area contributed by atoms with Crippen molar-refractivity contribution < 1.29 is 10.2 Å². The molecule has 42 heavy (non-hydrogen) atoms. The van der Waals surface area contributed by atoms with E-state index in [0.717, 1.165) is 39.0 Å². The summed E-state index contributed by atoms with van der Waals surface area (Å²) >= 11 is 4.43. The molecule has 0 aromatic heterocycles. The van der Waals surface area contributed by atoms with Crippen molar-refractivity contribution in [1.82, 2.24) is 26.6 Å². The average Bonchev–Trinajstić information content (AvgIpc) is 2.98. The quantitative estimate of drug-likeness (QED) is 0.0465. The summed E-state index contributed by atoms with van der Waals surface area (Å²) in [5, 5.41) is 31.3. The van der Waals surface area contributed by atoms with Crippen molar-refractivity contribution in [3.05, 3.63) is 49.1 Å². The summed E-state index contributed by atoms with van der Waals surface area (Å²) in [7, 11) is 0. The molecule has 0 bridgehead atoms. The van der Waals surface area contributed by atoms with E-state index in [1.54, 1.807) is 12.4 Å². The number of aliphatic hydroxyl groups excluding tert-OH is 2. The van der Waals surface area contributed by atoms with Crippen LogP contribution >= 0.6 is 0 Å². The van der Waals surface area contributed by atoms with Crippen LogP contribution in [0, 0.1) is 0 Å². The number of hydrogen-bond acceptors (Lipinski definition) is 10. The Morgan fingerprint density at radius 2 is 1.00 bits per heavy atom. The summed E-state index contributed by atoms with van der Waals surface area (Å²) in [6.07, 6.45) is 31.0. The van der Waals surface area contributed by atoms with Crippen LogP contribution in [0.15, 0.2) is 53.5 Å². The summed E-state index contributed by atoms with van der Waals surface area (Å²) in [5.41, 5.74) is 4.85. The topological polar surface area (TPSA) is 139 Å². The highest BCUT2D eigenvalue weighted by Crippen LogP contribution is 2.07. The fourth-order valence-electron chi connectivity index (χ4n) is 2.93. The first kappa shape index (κ1) is 49.8. The van der Waals surface area contributed by atoms with Crippen LogP contribution < -0.4 is 32.3 Å². The van der Waals surface area contributed by atoms with E-state index in [1.807, 2.05) is 26.0 Å². The van der Waals surface area contributed by atoms with Gasteiger partial charge < -0.3 is 37.2 Å². The van der Waals surface area contributed by atoms with Crippen molar-refractivity contribution in [3.63, 3.8) is 0 Å². The standard InChI is InChI=1S/C14H28N2.C11H20N2OS.C4H12N2O.C2H7N.CH4/c1-3-15-13-11-9-7-5-6-8-10-12-14-16-4-2;14-11-12-9-7-5-3-1-2-4-6-8-10-13-15;1-2-5-3-6-4-7;1-2-3;/h11-16H,3-10H2,1-2H3;7-10,12,14H,1-6,11H2;5-7H,2-4H2,1H3;2-3H2,1H3;1H4. The molecule has 0 fully saturated rings. The average molecular weight is 618 g/mol. The number of nitrogens with two attached hydrogens (primary N) is 1. The normalized spacial score (nSPS) is 10.4. The molecule has 9 N–H and O–H groups in total. The molecule has 0 amide bonds. The highest BCUT2D eigenvalue weighted by atomic mass is 32.1. The van der Waals surface area contributed by atoms with Gasteiger partial charge in [-0.25, -0.2) is 0 Å². The van der Waals surface area contributed by atoms with Crippen LogP contribution in [0.1, 0.15) is 112 Å². The van der Waals surface area contributed by atoms with E-state index in [0.29, 0.717) is 6.67 Å². The maximum Gasteiger partial charge on any atom is 0.112 e. The second-order valence-electron chi connectivity index (χ2n) is 8.75. The fraction of sp³-hybridized carbons (Fsp3) is 0.750. The fourth-order valence-corrected chi connectivity index (χ4v) is 3.02. The lowest BCUT2D eigenvalue weighted by Gasteiger charge is -1.97. The Morgan fingerprint density at radius 1 is 0.595 bits per heavy atom. The number of aliphatic hydroxyl groups is 2. The molecule has 0 aliphatic carbocycles. The molecule has 0 aliphatic heterocycles. The predicted molar refractivity (Wildman–Crippen MR) is 190 cm³/mol. The lowest BCUT2D eigenvalue weighted by molar-refractivity contribution is 0.257. The molecule has 10 heteroatoms. The highest BCUT2D eigenvalue weighted by Gasteiger charge is 1.88. The Labute approximate surface area is 266 Å². The minimum atomic E-state index is 0. The number of nitrogens with zero attached hydrogens (tertiary/aromatic N) is 1. The van der Waals surface area contributed by atoms with Crippen LogP contribution in [0.3, 0.4) is 0 Å². The number of unbranched alkanes of at least 4 members (excludes halogenated alkanes) is 10. The number of hydrogen-bond donors (Lipinski definition) is 8. The largest absolute Gasteiger partial charge is 0.391 e. The first-order chi connectivity index (χ1) is 20.2. The van der Waals surface area contributed by atoms with E-state index >= 15 is 0 Å². The zero-order valence-corrected chi connectivity index (χ0v) is 27.7. The van der Waals surface area contributed by atoms with Crippen molar-refractivity contribution in [3.8, 4) is 0 Å². The minimum absolute atomic E-state index is 0. The Hall–Kier alpha value is -1.82. The molecule has 0 saturated carbocycles. The Morgan fingerprint density at radius 3 is 1.33 bits per heavy atom. The molecule has 0 aromatic rings. The maximum absolute atomic E-state index is 8.43. The number of rotatable bonds is 25. The molecule has 0 aromatic carbocycles. The van der Waals surface area contributed by atoms with Gasteiger partial charge in [-0.1, -0.05) is 71.3 Å². The molecule has 0 rings (SSSR count). The minimum Gasteiger partial charge on any atom is -0.391 e. The van der Waals surface area contributed by atoms with Gasteiger partial charge in [-0.05, 0) is 96.9 Å². The Balaban J connectivity index is -0.000000163. The van der Waals surface area contributed by atoms with E-state index in [-0.39, 0.29) is 20.9 Å². The monoisotopic (exact) mass is 618 g/mol. The molecule has 0 spiro atoms. The molecular formula is C32H71N7O2S. The Kier molecular flexibility index (Phi) is 69.7. The van der Waals surface area contributed by atoms with Gasteiger partial charge in [0, 0.05) is 38.4 Å². The summed E-state index contributed by atoms with van der Waals surface area (Å²) in [5.74, 6) is 0. The van der Waals surface area contributed by atoms with Gasteiger partial charge in [0.15, 0.2) is 0 Å². The zero-order chi connectivity index (χ0) is 31.3. The SMILES string of the molecule is C.CCN.CCNC=CCCCCCCC=CNCC.CCNCNCO.OCNC=CCCCCCCC=CN=S. The second kappa shape index (κ2) is 58.7. The van der Waals surface area contributed by atoms with Crippen molar-refractivity contribution in [1.29, 1.82) is 0 Å². The molecule has 0 aliphatic rings. The summed E-state index contributed by atoms with van der Waals surface area (Å²) < 4.78 is 3.48. The van der Waals surface area contributed by atoms with E-state index < -0.39 is 0 Å². The third-order valence-corrected chi connectivity index (χ3v) is 5.09. The smallest absolute Gasteiger partial charge is 0.112 e. The van der Waals surface area contributed by atoms with Crippen molar-refractivity contribution in [2.24, 2.45) is 10.1 Å². The number of nitrogens with one attached hydrogen (secondary N) is 5. The van der Waals surface area contributed by atoms with Gasteiger partial charge >= 0.3 is 0 Å². The molecule has 0 heterocycles. The van der Waals surface area contributed by atoms with E-state index in [2.05, 4.69) is 81.8 Å². The van der Waals surface area contributed by atoms with Gasteiger partial charge in [0.05, 0.1) is 6.73 Å². The summed E-state index contributed by atoms with van der Waals surface area (Å²) in [4.78, 5) is 0. The van der Waals surface area contributed by atoms with Gasteiger partial charge in [-0.15, -0.1) is 0 Å². The summed E-state index contributed by atoms with van der Waals surface area (Å²) in [6, 6.07) is 0. The van der Waals surface area contributed by atoms with Gasteiger partial charge in [0.1, 0.15) is 6.73 Å². The van der Waals surface area contributed by atoms with Crippen LogP contribution in [0.2, 0.25) is 0 Å². The number of allylic oxidation sites excluding steroid dienone is 4. The third kappa shape index (κ3) is 71.4.